The zero-order valence-corrected chi connectivity index (χ0v) is 24.9. The van der Waals surface area contributed by atoms with Crippen LogP contribution in [0.2, 0.25) is 0 Å². The first kappa shape index (κ1) is 33.0. The summed E-state index contributed by atoms with van der Waals surface area (Å²) < 4.78 is 5.04. The Morgan fingerprint density at radius 1 is 1.07 bits per heavy atom. The highest BCUT2D eigenvalue weighted by Gasteiger charge is 2.18. The van der Waals surface area contributed by atoms with Crippen molar-refractivity contribution in [3.63, 3.8) is 0 Å². The number of benzene rings is 1. The lowest BCUT2D eigenvalue weighted by Crippen LogP contribution is -2.38. The van der Waals surface area contributed by atoms with Gasteiger partial charge in [-0.15, -0.1) is 0 Å². The van der Waals surface area contributed by atoms with Gasteiger partial charge in [0.15, 0.2) is 0 Å². The van der Waals surface area contributed by atoms with E-state index in [1.54, 1.807) is 6.92 Å². The molecule has 0 spiro atoms. The van der Waals surface area contributed by atoms with Crippen molar-refractivity contribution in [2.75, 3.05) is 51.4 Å². The van der Waals surface area contributed by atoms with Crippen molar-refractivity contribution in [2.24, 2.45) is 0 Å². The predicted octanol–water partition coefficient (Wildman–Crippen LogP) is 3.35. The Bertz CT molecular complexity index is 1060. The second kappa shape index (κ2) is 17.5. The minimum absolute atomic E-state index is 0.0548. The van der Waals surface area contributed by atoms with E-state index in [0.717, 1.165) is 60.3 Å². The molecule has 1 aromatic carbocycles. The van der Waals surface area contributed by atoms with Gasteiger partial charge in [0.25, 0.3) is 0 Å². The van der Waals surface area contributed by atoms with Crippen LogP contribution in [0.4, 0.5) is 11.8 Å². The number of esters is 1. The molecule has 0 aliphatic heterocycles. The maximum atomic E-state index is 13.1. The fourth-order valence-corrected chi connectivity index (χ4v) is 4.58. The third kappa shape index (κ3) is 11.5. The molecular formula is C30H48N6O4. The number of carbonyl (C=O) groups excluding carboxylic acids is 2. The van der Waals surface area contributed by atoms with Crippen molar-refractivity contribution in [1.29, 1.82) is 0 Å². The minimum atomic E-state index is -0.246. The monoisotopic (exact) mass is 556 g/mol. The number of aryl methyl sites for hydroxylation is 1. The fraction of sp³-hybridized carbons (Fsp3) is 0.600. The van der Waals surface area contributed by atoms with E-state index in [1.165, 1.54) is 0 Å². The lowest BCUT2D eigenvalue weighted by molar-refractivity contribution is -0.142. The van der Waals surface area contributed by atoms with E-state index in [2.05, 4.69) is 22.2 Å². The van der Waals surface area contributed by atoms with Crippen LogP contribution in [-0.2, 0) is 33.7 Å². The van der Waals surface area contributed by atoms with E-state index in [1.807, 2.05) is 55.1 Å². The number of nitrogens with zero attached hydrogens (tertiary/aromatic N) is 4. The smallest absolute Gasteiger partial charge is 0.310 e. The Balaban J connectivity index is 2.12. The molecule has 0 aliphatic rings. The van der Waals surface area contributed by atoms with Gasteiger partial charge in [-0.05, 0) is 77.6 Å². The Labute approximate surface area is 239 Å². The van der Waals surface area contributed by atoms with E-state index in [4.69, 9.17) is 15.6 Å². The fourth-order valence-electron chi connectivity index (χ4n) is 4.58. The second-order valence-electron chi connectivity index (χ2n) is 10.4. The molecule has 0 saturated heterocycles. The number of nitrogens with one attached hydrogen (secondary N) is 1. The standard InChI is InChI=1S/C30H48N6O4/c1-6-25(11-8-9-18-37)33-29-26(22(3)32-30(31)34-29)12-10-17-36(27(38)21-35(4)5)20-24-15-13-23(14-16-24)19-28(39)40-7-2/h13-16,25,37H,6-12,17-21H2,1-5H3,(H3,31,32,33,34). The summed E-state index contributed by atoms with van der Waals surface area (Å²) in [5.41, 5.74) is 9.72. The second-order valence-corrected chi connectivity index (χ2v) is 10.4. The molecule has 10 nitrogen and oxygen atoms in total. The Morgan fingerprint density at radius 3 is 2.40 bits per heavy atom. The molecule has 1 heterocycles. The molecule has 40 heavy (non-hydrogen) atoms. The summed E-state index contributed by atoms with van der Waals surface area (Å²) in [4.78, 5) is 37.6. The number of rotatable bonds is 18. The van der Waals surface area contributed by atoms with Crippen molar-refractivity contribution in [1.82, 2.24) is 19.8 Å². The predicted molar refractivity (Wildman–Crippen MR) is 159 cm³/mol. The van der Waals surface area contributed by atoms with Crippen LogP contribution in [0.25, 0.3) is 0 Å². The van der Waals surface area contributed by atoms with Crippen LogP contribution in [-0.4, -0.2) is 83.2 Å². The highest BCUT2D eigenvalue weighted by atomic mass is 16.5. The topological polar surface area (TPSA) is 134 Å². The first-order valence-electron chi connectivity index (χ1n) is 14.3. The van der Waals surface area contributed by atoms with Gasteiger partial charge in [0.2, 0.25) is 11.9 Å². The van der Waals surface area contributed by atoms with Crippen LogP contribution in [0.1, 0.15) is 68.3 Å². The minimum Gasteiger partial charge on any atom is -0.466 e. The van der Waals surface area contributed by atoms with Crippen LogP contribution in [0.15, 0.2) is 24.3 Å². The summed E-state index contributed by atoms with van der Waals surface area (Å²) in [5.74, 6) is 0.802. The van der Waals surface area contributed by atoms with Crippen LogP contribution >= 0.6 is 0 Å². The van der Waals surface area contributed by atoms with Gasteiger partial charge in [-0.3, -0.25) is 9.59 Å². The molecule has 4 N–H and O–H groups in total. The van der Waals surface area contributed by atoms with E-state index >= 15 is 0 Å². The quantitative estimate of drug-likeness (QED) is 0.187. The number of nitrogens with two attached hydrogens (primary N) is 1. The number of nitrogen functional groups attached to an aromatic ring is 1. The molecule has 1 aromatic heterocycles. The molecule has 0 bridgehead atoms. The number of likely N-dealkylation sites (N-methyl/N-ethyl adjacent to an activating group) is 1. The highest BCUT2D eigenvalue weighted by molar-refractivity contribution is 5.78. The molecule has 1 unspecified atom stereocenters. The molecule has 1 atom stereocenters. The molecule has 0 saturated carbocycles. The highest BCUT2D eigenvalue weighted by Crippen LogP contribution is 2.22. The van der Waals surface area contributed by atoms with Crippen LogP contribution in [0, 0.1) is 6.92 Å². The Morgan fingerprint density at radius 2 is 1.77 bits per heavy atom. The normalized spacial score (nSPS) is 11.9. The van der Waals surface area contributed by atoms with Crippen LogP contribution < -0.4 is 11.1 Å². The van der Waals surface area contributed by atoms with Gasteiger partial charge in [-0.1, -0.05) is 31.2 Å². The number of carbonyl (C=O) groups is 2. The summed E-state index contributed by atoms with van der Waals surface area (Å²) in [7, 11) is 3.77. The maximum Gasteiger partial charge on any atom is 0.310 e. The summed E-state index contributed by atoms with van der Waals surface area (Å²) in [6.07, 6.45) is 5.25. The first-order valence-corrected chi connectivity index (χ1v) is 14.3. The molecular weight excluding hydrogens is 508 g/mol. The Hall–Kier alpha value is -3.24. The van der Waals surface area contributed by atoms with Gasteiger partial charge in [-0.2, -0.15) is 4.98 Å². The van der Waals surface area contributed by atoms with E-state index in [9.17, 15) is 9.59 Å². The average Bonchev–Trinajstić information content (AvgIpc) is 2.89. The number of hydrogen-bond donors (Lipinski definition) is 3. The number of aliphatic hydroxyl groups is 1. The Kier molecular flexibility index (Phi) is 14.4. The molecule has 10 heteroatoms. The van der Waals surface area contributed by atoms with Crippen LogP contribution in [0.3, 0.4) is 0 Å². The van der Waals surface area contributed by atoms with Crippen molar-refractivity contribution in [3.05, 3.63) is 46.6 Å². The van der Waals surface area contributed by atoms with Crippen LogP contribution in [0.5, 0.6) is 0 Å². The number of aromatic nitrogens is 2. The van der Waals surface area contributed by atoms with Gasteiger partial charge in [0, 0.05) is 37.0 Å². The SMILES string of the molecule is CCOC(=O)Cc1ccc(CN(CCCc2c(C)nc(N)nc2NC(CC)CCCCO)C(=O)CN(C)C)cc1. The molecule has 1 amide bonds. The zero-order valence-electron chi connectivity index (χ0n) is 24.9. The summed E-state index contributed by atoms with van der Waals surface area (Å²) in [6, 6.07) is 7.99. The summed E-state index contributed by atoms with van der Waals surface area (Å²) >= 11 is 0. The molecule has 0 aliphatic carbocycles. The van der Waals surface area contributed by atoms with Crippen molar-refractivity contribution in [2.45, 2.75) is 78.3 Å². The summed E-state index contributed by atoms with van der Waals surface area (Å²) in [6.45, 7) is 7.81. The molecule has 0 fully saturated rings. The van der Waals surface area contributed by atoms with Gasteiger partial charge in [0.1, 0.15) is 5.82 Å². The number of unbranched alkanes of at least 4 members (excludes halogenated alkanes) is 1. The van der Waals surface area contributed by atoms with Gasteiger partial charge in [0.05, 0.1) is 19.6 Å². The third-order valence-corrected chi connectivity index (χ3v) is 6.73. The first-order chi connectivity index (χ1) is 19.2. The zero-order chi connectivity index (χ0) is 29.5. The van der Waals surface area contributed by atoms with Gasteiger partial charge >= 0.3 is 5.97 Å². The lowest BCUT2D eigenvalue weighted by atomic mass is 10.0. The van der Waals surface area contributed by atoms with Crippen molar-refractivity contribution < 1.29 is 19.4 Å². The average molecular weight is 557 g/mol. The molecule has 2 rings (SSSR count). The van der Waals surface area contributed by atoms with E-state index < -0.39 is 0 Å². The van der Waals surface area contributed by atoms with E-state index in [-0.39, 0.29) is 36.9 Å². The number of ether oxygens (including phenoxy) is 1. The van der Waals surface area contributed by atoms with Crippen molar-refractivity contribution >= 4 is 23.6 Å². The largest absolute Gasteiger partial charge is 0.466 e. The molecule has 2 aromatic rings. The maximum absolute atomic E-state index is 13.1. The number of anilines is 2. The van der Waals surface area contributed by atoms with Crippen molar-refractivity contribution in [3.8, 4) is 0 Å². The number of aliphatic hydroxyl groups excluding tert-OH is 1. The third-order valence-electron chi connectivity index (χ3n) is 6.73. The lowest BCUT2D eigenvalue weighted by Gasteiger charge is -2.25. The number of hydrogen-bond acceptors (Lipinski definition) is 9. The molecule has 0 radical (unpaired) electrons. The van der Waals surface area contributed by atoms with E-state index in [0.29, 0.717) is 32.7 Å². The molecule has 222 valence electrons. The van der Waals surface area contributed by atoms with Gasteiger partial charge < -0.3 is 30.7 Å². The number of amides is 1. The summed E-state index contributed by atoms with van der Waals surface area (Å²) in [5, 5.41) is 12.7. The van der Waals surface area contributed by atoms with Gasteiger partial charge in [-0.25, -0.2) is 4.98 Å².